The molecule has 1 amide bonds. The molecule has 4 rings (SSSR count). The standard InChI is InChI=1S/C22H21N3O2/c26-22(24-27)20-10-9-19(20)17-7-5-16(6-8-17)15-23-12-14-25-13-11-18-3-1-2-4-21(18)25/h1-8,11,13,19-20,23,27H,12,14-15H2,(H,24,26). The molecule has 2 aromatic carbocycles. The molecule has 5 heteroatoms. The first-order chi connectivity index (χ1) is 13.3. The Morgan fingerprint density at radius 3 is 2.63 bits per heavy atom. The Morgan fingerprint density at radius 1 is 1.07 bits per heavy atom. The number of rotatable bonds is 7. The summed E-state index contributed by atoms with van der Waals surface area (Å²) in [6.45, 7) is 2.59. The minimum absolute atomic E-state index is 0.138. The molecule has 0 saturated carbocycles. The van der Waals surface area contributed by atoms with Gasteiger partial charge >= 0.3 is 0 Å². The number of amides is 1. The SMILES string of the molecule is O=C(NO)C1C#CC1c1ccc(CNCCn2ccc3ccccc32)cc1. The van der Waals surface area contributed by atoms with Crippen molar-refractivity contribution in [3.8, 4) is 11.8 Å². The van der Waals surface area contributed by atoms with Crippen molar-refractivity contribution < 1.29 is 10.0 Å². The van der Waals surface area contributed by atoms with E-state index in [1.165, 1.54) is 16.5 Å². The maximum Gasteiger partial charge on any atom is 0.260 e. The number of carbonyl (C=O) groups excluding carboxylic acids is 1. The van der Waals surface area contributed by atoms with Crippen LogP contribution in [-0.4, -0.2) is 22.2 Å². The minimum atomic E-state index is -0.463. The summed E-state index contributed by atoms with van der Waals surface area (Å²) in [5.74, 6) is 4.74. The van der Waals surface area contributed by atoms with Crippen LogP contribution in [-0.2, 0) is 17.9 Å². The van der Waals surface area contributed by atoms with Gasteiger partial charge in [-0.25, -0.2) is 5.48 Å². The summed E-state index contributed by atoms with van der Waals surface area (Å²) in [5.41, 5.74) is 5.13. The van der Waals surface area contributed by atoms with Gasteiger partial charge in [-0.1, -0.05) is 54.3 Å². The molecule has 2 atom stereocenters. The van der Waals surface area contributed by atoms with Crippen LogP contribution >= 0.6 is 0 Å². The molecule has 27 heavy (non-hydrogen) atoms. The summed E-state index contributed by atoms with van der Waals surface area (Å²) >= 11 is 0. The molecule has 3 aromatic rings. The van der Waals surface area contributed by atoms with Crippen molar-refractivity contribution in [2.45, 2.75) is 19.0 Å². The molecule has 1 heterocycles. The van der Waals surface area contributed by atoms with Crippen LogP contribution in [0.4, 0.5) is 0 Å². The van der Waals surface area contributed by atoms with E-state index in [-0.39, 0.29) is 5.92 Å². The first-order valence-corrected chi connectivity index (χ1v) is 9.05. The van der Waals surface area contributed by atoms with E-state index in [0.717, 1.165) is 25.2 Å². The van der Waals surface area contributed by atoms with Gasteiger partial charge in [0, 0.05) is 31.3 Å². The maximum atomic E-state index is 11.5. The molecular weight excluding hydrogens is 338 g/mol. The molecule has 136 valence electrons. The molecular formula is C22H21N3O2. The molecule has 0 aliphatic heterocycles. The zero-order valence-corrected chi connectivity index (χ0v) is 14.9. The van der Waals surface area contributed by atoms with Crippen LogP contribution in [0.25, 0.3) is 10.9 Å². The Morgan fingerprint density at radius 2 is 1.89 bits per heavy atom. The van der Waals surface area contributed by atoms with E-state index in [9.17, 15) is 4.79 Å². The molecule has 0 fully saturated rings. The van der Waals surface area contributed by atoms with Gasteiger partial charge in [0.2, 0.25) is 0 Å². The number of nitrogens with zero attached hydrogens (tertiary/aromatic N) is 1. The predicted octanol–water partition coefficient (Wildman–Crippen LogP) is 2.65. The second-order valence-electron chi connectivity index (χ2n) is 6.71. The molecule has 1 aliphatic carbocycles. The molecule has 2 unspecified atom stereocenters. The van der Waals surface area contributed by atoms with Crippen LogP contribution in [0.15, 0.2) is 60.8 Å². The zero-order valence-electron chi connectivity index (χ0n) is 14.9. The third-order valence-electron chi connectivity index (χ3n) is 5.00. The van der Waals surface area contributed by atoms with Gasteiger partial charge in [0.05, 0.1) is 5.92 Å². The van der Waals surface area contributed by atoms with Crippen molar-refractivity contribution in [2.24, 2.45) is 5.92 Å². The van der Waals surface area contributed by atoms with Crippen molar-refractivity contribution in [2.75, 3.05) is 6.54 Å². The highest BCUT2D eigenvalue weighted by Crippen LogP contribution is 2.30. The Hall–Kier alpha value is -3.07. The Kier molecular flexibility index (Phi) is 4.93. The van der Waals surface area contributed by atoms with Crippen LogP contribution < -0.4 is 10.8 Å². The fourth-order valence-corrected chi connectivity index (χ4v) is 3.42. The average molecular weight is 359 g/mol. The molecule has 0 saturated heterocycles. The lowest BCUT2D eigenvalue weighted by Crippen LogP contribution is -2.34. The van der Waals surface area contributed by atoms with Crippen LogP contribution in [0.3, 0.4) is 0 Å². The average Bonchev–Trinajstić information content (AvgIpc) is 3.09. The monoisotopic (exact) mass is 359 g/mol. The van der Waals surface area contributed by atoms with Gasteiger partial charge in [0.15, 0.2) is 0 Å². The fourth-order valence-electron chi connectivity index (χ4n) is 3.42. The maximum absolute atomic E-state index is 11.5. The number of hydrogen-bond donors (Lipinski definition) is 3. The second-order valence-corrected chi connectivity index (χ2v) is 6.71. The summed E-state index contributed by atoms with van der Waals surface area (Å²) in [4.78, 5) is 11.5. The Labute approximate surface area is 158 Å². The summed E-state index contributed by atoms with van der Waals surface area (Å²) in [7, 11) is 0. The first kappa shape index (κ1) is 17.3. The van der Waals surface area contributed by atoms with Gasteiger partial charge in [-0.2, -0.15) is 0 Å². The topological polar surface area (TPSA) is 66.3 Å². The fraction of sp³-hybridized carbons (Fsp3) is 0.227. The summed E-state index contributed by atoms with van der Waals surface area (Å²) in [6, 6.07) is 18.7. The van der Waals surface area contributed by atoms with E-state index in [1.807, 2.05) is 12.1 Å². The van der Waals surface area contributed by atoms with E-state index in [2.05, 4.69) is 70.4 Å². The van der Waals surface area contributed by atoms with E-state index >= 15 is 0 Å². The molecule has 0 radical (unpaired) electrons. The van der Waals surface area contributed by atoms with Crippen molar-refractivity contribution in [1.82, 2.24) is 15.4 Å². The third-order valence-corrected chi connectivity index (χ3v) is 5.00. The van der Waals surface area contributed by atoms with Crippen molar-refractivity contribution in [1.29, 1.82) is 0 Å². The number of fused-ring (bicyclic) bond motifs is 1. The molecule has 0 spiro atoms. The van der Waals surface area contributed by atoms with Crippen LogP contribution in [0, 0.1) is 17.8 Å². The van der Waals surface area contributed by atoms with Gasteiger partial charge in [-0.05, 0) is 28.6 Å². The van der Waals surface area contributed by atoms with Gasteiger partial charge in [0.1, 0.15) is 5.92 Å². The van der Waals surface area contributed by atoms with Crippen LogP contribution in [0.5, 0.6) is 0 Å². The highest BCUT2D eigenvalue weighted by Gasteiger charge is 2.31. The van der Waals surface area contributed by atoms with Gasteiger partial charge in [-0.15, -0.1) is 0 Å². The van der Waals surface area contributed by atoms with E-state index in [1.54, 1.807) is 5.48 Å². The highest BCUT2D eigenvalue weighted by molar-refractivity contribution is 5.84. The van der Waals surface area contributed by atoms with Crippen molar-refractivity contribution >= 4 is 16.8 Å². The molecule has 3 N–H and O–H groups in total. The predicted molar refractivity (Wildman–Crippen MR) is 104 cm³/mol. The Bertz CT molecular complexity index is 1010. The summed E-state index contributed by atoms with van der Waals surface area (Å²) in [6.07, 6.45) is 2.12. The number of carbonyl (C=O) groups is 1. The molecule has 1 aromatic heterocycles. The van der Waals surface area contributed by atoms with E-state index < -0.39 is 11.8 Å². The van der Waals surface area contributed by atoms with E-state index in [4.69, 9.17) is 5.21 Å². The van der Waals surface area contributed by atoms with Gasteiger partial charge in [-0.3, -0.25) is 10.0 Å². The number of para-hydroxylation sites is 1. The quantitative estimate of drug-likeness (QED) is 0.263. The Balaban J connectivity index is 1.28. The lowest BCUT2D eigenvalue weighted by Gasteiger charge is -2.23. The number of hydrogen-bond acceptors (Lipinski definition) is 3. The van der Waals surface area contributed by atoms with Gasteiger partial charge in [0.25, 0.3) is 5.91 Å². The normalized spacial score (nSPS) is 17.8. The first-order valence-electron chi connectivity index (χ1n) is 9.05. The van der Waals surface area contributed by atoms with Gasteiger partial charge < -0.3 is 9.88 Å². The molecule has 5 nitrogen and oxygen atoms in total. The molecule has 0 bridgehead atoms. The number of hydroxylamine groups is 1. The number of benzene rings is 2. The van der Waals surface area contributed by atoms with E-state index in [0.29, 0.717) is 0 Å². The zero-order chi connectivity index (χ0) is 18.6. The molecule has 1 aliphatic rings. The third kappa shape index (κ3) is 3.59. The highest BCUT2D eigenvalue weighted by atomic mass is 16.5. The summed E-state index contributed by atoms with van der Waals surface area (Å²) < 4.78 is 2.26. The second kappa shape index (κ2) is 7.67. The lowest BCUT2D eigenvalue weighted by atomic mass is 9.79. The minimum Gasteiger partial charge on any atom is -0.346 e. The van der Waals surface area contributed by atoms with Crippen LogP contribution in [0.2, 0.25) is 0 Å². The largest absolute Gasteiger partial charge is 0.346 e. The van der Waals surface area contributed by atoms with Crippen LogP contribution in [0.1, 0.15) is 17.0 Å². The van der Waals surface area contributed by atoms with Crippen molar-refractivity contribution in [3.05, 3.63) is 71.9 Å². The van der Waals surface area contributed by atoms with Crippen molar-refractivity contribution in [3.63, 3.8) is 0 Å². The number of aromatic nitrogens is 1. The lowest BCUT2D eigenvalue weighted by molar-refractivity contribution is -0.132. The summed E-state index contributed by atoms with van der Waals surface area (Å²) in [5, 5.41) is 13.5. The smallest absolute Gasteiger partial charge is 0.260 e. The number of nitrogens with one attached hydrogen (secondary N) is 2.